The minimum absolute atomic E-state index is 0. The Balaban J connectivity index is 0.00000261. The van der Waals surface area contributed by atoms with Crippen LogP contribution >= 0.6 is 12.4 Å². The van der Waals surface area contributed by atoms with Crippen LogP contribution in [0.25, 0.3) is 0 Å². The van der Waals surface area contributed by atoms with Gasteiger partial charge in [0, 0.05) is 6.54 Å². The van der Waals surface area contributed by atoms with E-state index in [0.29, 0.717) is 25.1 Å². The van der Waals surface area contributed by atoms with Crippen molar-refractivity contribution in [3.63, 3.8) is 0 Å². The summed E-state index contributed by atoms with van der Waals surface area (Å²) in [7, 11) is -3.83. The summed E-state index contributed by atoms with van der Waals surface area (Å²) >= 11 is 0. The molecule has 0 saturated heterocycles. The summed E-state index contributed by atoms with van der Waals surface area (Å²) in [6.07, 6.45) is 0.543. The molecule has 1 unspecified atom stereocenters. The lowest BCUT2D eigenvalue weighted by Crippen LogP contribution is -2.41. The summed E-state index contributed by atoms with van der Waals surface area (Å²) in [6.45, 7) is 2.68. The maximum atomic E-state index is 14.6. The van der Waals surface area contributed by atoms with Gasteiger partial charge in [-0.15, -0.1) is 12.4 Å². The number of hydrogen-bond acceptors (Lipinski definition) is 4. The van der Waals surface area contributed by atoms with Crippen LogP contribution in [0.3, 0.4) is 0 Å². The van der Waals surface area contributed by atoms with E-state index in [1.54, 1.807) is 24.3 Å². The van der Waals surface area contributed by atoms with Gasteiger partial charge in [0.25, 0.3) is 0 Å². The summed E-state index contributed by atoms with van der Waals surface area (Å²) in [5, 5.41) is 5.63. The molecule has 146 valence electrons. The average Bonchev–Trinajstić information content (AvgIpc) is 2.64. The van der Waals surface area contributed by atoms with Crippen molar-refractivity contribution >= 4 is 34.0 Å². The SMILES string of the molecule is CC(NS(=O)(=O)c1ccccc1)C(=O)Nc1ccc2c(c1F)CCNC2.Cl. The molecule has 0 spiro atoms. The number of amides is 1. The van der Waals surface area contributed by atoms with Crippen LogP contribution in [-0.4, -0.2) is 26.9 Å². The van der Waals surface area contributed by atoms with Gasteiger partial charge in [-0.25, -0.2) is 12.8 Å². The van der Waals surface area contributed by atoms with Crippen LogP contribution < -0.4 is 15.4 Å². The molecule has 2 aromatic carbocycles. The molecule has 3 N–H and O–H groups in total. The zero-order valence-electron chi connectivity index (χ0n) is 14.7. The third kappa shape index (κ3) is 4.84. The Bertz CT molecular complexity index is 923. The molecule has 0 radical (unpaired) electrons. The lowest BCUT2D eigenvalue weighted by molar-refractivity contribution is -0.117. The van der Waals surface area contributed by atoms with Crippen molar-refractivity contribution in [2.75, 3.05) is 11.9 Å². The van der Waals surface area contributed by atoms with Crippen molar-refractivity contribution in [2.24, 2.45) is 0 Å². The van der Waals surface area contributed by atoms with Crippen LogP contribution in [0.5, 0.6) is 0 Å². The molecule has 2 aromatic rings. The van der Waals surface area contributed by atoms with Crippen LogP contribution in [0.4, 0.5) is 10.1 Å². The Morgan fingerprint density at radius 3 is 2.59 bits per heavy atom. The van der Waals surface area contributed by atoms with Crippen molar-refractivity contribution < 1.29 is 17.6 Å². The van der Waals surface area contributed by atoms with Gasteiger partial charge in [-0.1, -0.05) is 24.3 Å². The van der Waals surface area contributed by atoms with Crippen LogP contribution in [0.1, 0.15) is 18.1 Å². The number of benzene rings is 2. The van der Waals surface area contributed by atoms with E-state index >= 15 is 0 Å². The van der Waals surface area contributed by atoms with Crippen LogP contribution in [-0.2, 0) is 27.8 Å². The number of hydrogen-bond donors (Lipinski definition) is 3. The lowest BCUT2D eigenvalue weighted by Gasteiger charge is -2.20. The van der Waals surface area contributed by atoms with E-state index in [-0.39, 0.29) is 23.0 Å². The fourth-order valence-electron chi connectivity index (χ4n) is 2.83. The number of rotatable bonds is 5. The summed E-state index contributed by atoms with van der Waals surface area (Å²) in [5.41, 5.74) is 1.50. The smallest absolute Gasteiger partial charge is 0.242 e. The third-order valence-corrected chi connectivity index (χ3v) is 5.80. The van der Waals surface area contributed by atoms with Crippen LogP contribution in [0.15, 0.2) is 47.4 Å². The van der Waals surface area contributed by atoms with Crippen molar-refractivity contribution in [1.82, 2.24) is 10.0 Å². The predicted octanol–water partition coefficient (Wildman–Crippen LogP) is 2.20. The highest BCUT2D eigenvalue weighted by Gasteiger charge is 2.23. The monoisotopic (exact) mass is 413 g/mol. The average molecular weight is 414 g/mol. The highest BCUT2D eigenvalue weighted by molar-refractivity contribution is 7.89. The number of carbonyl (C=O) groups excluding carboxylic acids is 1. The predicted molar refractivity (Wildman–Crippen MR) is 104 cm³/mol. The molecule has 0 bridgehead atoms. The maximum Gasteiger partial charge on any atom is 0.242 e. The van der Waals surface area contributed by atoms with Crippen molar-refractivity contribution in [3.05, 3.63) is 59.4 Å². The quantitative estimate of drug-likeness (QED) is 0.701. The number of fused-ring (bicyclic) bond motifs is 1. The minimum Gasteiger partial charge on any atom is -0.322 e. The maximum absolute atomic E-state index is 14.6. The van der Waals surface area contributed by atoms with Crippen LogP contribution in [0, 0.1) is 5.82 Å². The number of anilines is 1. The van der Waals surface area contributed by atoms with Gasteiger partial charge in [0.05, 0.1) is 16.6 Å². The first-order chi connectivity index (χ1) is 12.4. The molecule has 1 amide bonds. The second-order valence-corrected chi connectivity index (χ2v) is 7.85. The van der Waals surface area contributed by atoms with E-state index in [4.69, 9.17) is 0 Å². The highest BCUT2D eigenvalue weighted by atomic mass is 35.5. The fourth-order valence-corrected chi connectivity index (χ4v) is 4.05. The molecule has 0 aliphatic carbocycles. The molecule has 3 rings (SSSR count). The summed E-state index contributed by atoms with van der Waals surface area (Å²) in [4.78, 5) is 12.4. The first-order valence-electron chi connectivity index (χ1n) is 8.27. The lowest BCUT2D eigenvalue weighted by atomic mass is 9.99. The second kappa shape index (κ2) is 8.79. The summed E-state index contributed by atoms with van der Waals surface area (Å²) < 4.78 is 41.5. The largest absolute Gasteiger partial charge is 0.322 e. The molecular weight excluding hydrogens is 393 g/mol. The van der Waals surface area contributed by atoms with Gasteiger partial charge in [0.1, 0.15) is 5.82 Å². The van der Waals surface area contributed by atoms with E-state index in [1.165, 1.54) is 25.1 Å². The molecule has 0 fully saturated rings. The Kier molecular flexibility index (Phi) is 6.94. The van der Waals surface area contributed by atoms with Crippen molar-refractivity contribution in [3.8, 4) is 0 Å². The number of sulfonamides is 1. The Labute approximate surface area is 164 Å². The zero-order chi connectivity index (χ0) is 18.7. The van der Waals surface area contributed by atoms with E-state index in [0.717, 1.165) is 5.56 Å². The zero-order valence-corrected chi connectivity index (χ0v) is 16.3. The van der Waals surface area contributed by atoms with E-state index in [1.807, 2.05) is 0 Å². The first-order valence-corrected chi connectivity index (χ1v) is 9.76. The van der Waals surface area contributed by atoms with Gasteiger partial charge in [0.2, 0.25) is 15.9 Å². The van der Waals surface area contributed by atoms with Crippen molar-refractivity contribution in [2.45, 2.75) is 30.8 Å². The fraction of sp³-hybridized carbons (Fsp3) is 0.278. The van der Waals surface area contributed by atoms with E-state index in [2.05, 4.69) is 15.4 Å². The molecule has 6 nitrogen and oxygen atoms in total. The van der Waals surface area contributed by atoms with Gasteiger partial charge >= 0.3 is 0 Å². The van der Waals surface area contributed by atoms with Crippen LogP contribution in [0.2, 0.25) is 0 Å². The normalized spacial score (nSPS) is 14.6. The molecule has 1 aliphatic rings. The molecule has 1 aliphatic heterocycles. The van der Waals surface area contributed by atoms with Gasteiger partial charge in [-0.3, -0.25) is 4.79 Å². The number of carbonyl (C=O) groups is 1. The van der Waals surface area contributed by atoms with Gasteiger partial charge in [-0.05, 0) is 49.2 Å². The van der Waals surface area contributed by atoms with Gasteiger partial charge in [-0.2, -0.15) is 4.72 Å². The Hall–Kier alpha value is -2.00. The summed E-state index contributed by atoms with van der Waals surface area (Å²) in [6, 6.07) is 9.96. The third-order valence-electron chi connectivity index (χ3n) is 4.24. The van der Waals surface area contributed by atoms with Gasteiger partial charge < -0.3 is 10.6 Å². The molecule has 0 aromatic heterocycles. The highest BCUT2D eigenvalue weighted by Crippen LogP contribution is 2.24. The molecule has 1 heterocycles. The summed E-state index contributed by atoms with van der Waals surface area (Å²) in [5.74, 6) is -1.09. The first kappa shape index (κ1) is 21.3. The standard InChI is InChI=1S/C18H20FN3O3S.ClH/c1-12(22-26(24,25)14-5-3-2-4-6-14)18(23)21-16-8-7-13-11-20-10-9-15(13)17(16)19;/h2-8,12,20,22H,9-11H2,1H3,(H,21,23);1H. The minimum atomic E-state index is -3.83. The van der Waals surface area contributed by atoms with E-state index in [9.17, 15) is 17.6 Å². The Morgan fingerprint density at radius 2 is 1.89 bits per heavy atom. The van der Waals surface area contributed by atoms with Gasteiger partial charge in [0.15, 0.2) is 0 Å². The molecule has 27 heavy (non-hydrogen) atoms. The Morgan fingerprint density at radius 1 is 1.19 bits per heavy atom. The van der Waals surface area contributed by atoms with E-state index < -0.39 is 27.8 Å². The number of halogens is 2. The molecule has 1 atom stereocenters. The second-order valence-electron chi connectivity index (χ2n) is 6.14. The van der Waals surface area contributed by atoms with Crippen molar-refractivity contribution in [1.29, 1.82) is 0 Å². The molecular formula is C18H21ClFN3O3S. The molecule has 0 saturated carbocycles. The molecule has 9 heteroatoms. The number of nitrogens with one attached hydrogen (secondary N) is 3. The topological polar surface area (TPSA) is 87.3 Å².